The normalized spacial score (nSPS) is 23.8. The van der Waals surface area contributed by atoms with Crippen molar-refractivity contribution in [2.75, 3.05) is 59.0 Å². The predicted octanol–water partition coefficient (Wildman–Crippen LogP) is 1.66. The Kier molecular flexibility index (Phi) is 6.11. The van der Waals surface area contributed by atoms with Crippen LogP contribution in [0.5, 0.6) is 0 Å². The summed E-state index contributed by atoms with van der Waals surface area (Å²) in [6.45, 7) is 10.3. The molecule has 1 aliphatic carbocycles. The van der Waals surface area contributed by atoms with Crippen LogP contribution in [0.3, 0.4) is 0 Å². The Bertz CT molecular complexity index is 619. The van der Waals surface area contributed by atoms with Gasteiger partial charge in [0.25, 0.3) is 0 Å². The monoisotopic (exact) mass is 371 g/mol. The smallest absolute Gasteiger partial charge is 0.226 e. The molecule has 2 saturated heterocycles. The number of ether oxygens (including phenoxy) is 1. The summed E-state index contributed by atoms with van der Waals surface area (Å²) in [6.07, 6.45) is 3.41. The molecule has 148 valence electrons. The van der Waals surface area contributed by atoms with Gasteiger partial charge in [-0.1, -0.05) is 31.2 Å². The number of hydrogen-bond acceptors (Lipinski definition) is 4. The number of rotatable bonds is 4. The fourth-order valence-corrected chi connectivity index (χ4v) is 4.88. The molecule has 0 unspecified atom stereocenters. The summed E-state index contributed by atoms with van der Waals surface area (Å²) in [5.41, 5.74) is 3.03. The van der Waals surface area contributed by atoms with Crippen LogP contribution in [0, 0.1) is 5.92 Å². The van der Waals surface area contributed by atoms with E-state index in [1.165, 1.54) is 11.1 Å². The van der Waals surface area contributed by atoms with Gasteiger partial charge in [0.1, 0.15) is 0 Å². The van der Waals surface area contributed by atoms with Crippen molar-refractivity contribution in [3.8, 4) is 0 Å². The predicted molar refractivity (Wildman–Crippen MR) is 107 cm³/mol. The number of amides is 1. The maximum Gasteiger partial charge on any atom is 0.226 e. The Morgan fingerprint density at radius 2 is 1.74 bits per heavy atom. The van der Waals surface area contributed by atoms with Gasteiger partial charge in [0.15, 0.2) is 0 Å². The van der Waals surface area contributed by atoms with E-state index in [2.05, 4.69) is 45.9 Å². The highest BCUT2D eigenvalue weighted by Crippen LogP contribution is 2.26. The van der Waals surface area contributed by atoms with Gasteiger partial charge < -0.3 is 9.64 Å². The molecule has 5 heteroatoms. The van der Waals surface area contributed by atoms with Gasteiger partial charge in [-0.15, -0.1) is 0 Å². The number of benzene rings is 1. The largest absolute Gasteiger partial charge is 0.379 e. The van der Waals surface area contributed by atoms with Crippen LogP contribution in [0.25, 0.3) is 0 Å². The van der Waals surface area contributed by atoms with Gasteiger partial charge in [0, 0.05) is 57.8 Å². The van der Waals surface area contributed by atoms with Crippen molar-refractivity contribution in [1.82, 2.24) is 14.7 Å². The van der Waals surface area contributed by atoms with Gasteiger partial charge in [0.2, 0.25) is 5.91 Å². The van der Waals surface area contributed by atoms with E-state index < -0.39 is 0 Å². The van der Waals surface area contributed by atoms with Crippen molar-refractivity contribution in [2.24, 2.45) is 5.92 Å². The van der Waals surface area contributed by atoms with Gasteiger partial charge >= 0.3 is 0 Å². The summed E-state index contributed by atoms with van der Waals surface area (Å²) in [6, 6.07) is 9.47. The lowest BCUT2D eigenvalue weighted by molar-refractivity contribution is -0.135. The van der Waals surface area contributed by atoms with E-state index in [0.29, 0.717) is 11.9 Å². The van der Waals surface area contributed by atoms with Crippen LogP contribution in [0.1, 0.15) is 24.5 Å². The molecule has 0 aromatic heterocycles. The molecule has 1 amide bonds. The highest BCUT2D eigenvalue weighted by Gasteiger charge is 2.30. The quantitative estimate of drug-likeness (QED) is 0.807. The van der Waals surface area contributed by atoms with Gasteiger partial charge in [-0.25, -0.2) is 0 Å². The molecule has 4 rings (SSSR count). The number of carbonyl (C=O) groups excluding carboxylic acids is 1. The lowest BCUT2D eigenvalue weighted by atomic mass is 10.1. The van der Waals surface area contributed by atoms with Crippen molar-refractivity contribution in [3.63, 3.8) is 0 Å². The lowest BCUT2D eigenvalue weighted by Gasteiger charge is -2.31. The molecule has 27 heavy (non-hydrogen) atoms. The molecule has 0 saturated carbocycles. The summed E-state index contributed by atoms with van der Waals surface area (Å²) in [5, 5.41) is 0. The van der Waals surface area contributed by atoms with E-state index in [-0.39, 0.29) is 5.92 Å². The van der Waals surface area contributed by atoms with Crippen molar-refractivity contribution < 1.29 is 9.53 Å². The first-order valence-electron chi connectivity index (χ1n) is 10.6. The minimum atomic E-state index is 0.0744. The molecular weight excluding hydrogens is 338 g/mol. The van der Waals surface area contributed by atoms with Crippen LogP contribution >= 0.6 is 0 Å². The molecule has 0 bridgehead atoms. The molecule has 2 heterocycles. The lowest BCUT2D eigenvalue weighted by Crippen LogP contribution is -2.45. The molecule has 0 radical (unpaired) electrons. The Morgan fingerprint density at radius 1 is 1.04 bits per heavy atom. The summed E-state index contributed by atoms with van der Waals surface area (Å²) in [5.74, 6) is 0.406. The average Bonchev–Trinajstić information content (AvgIpc) is 2.97. The molecule has 5 nitrogen and oxygen atoms in total. The molecular formula is C22H33N3O2. The highest BCUT2D eigenvalue weighted by molar-refractivity contribution is 5.78. The minimum absolute atomic E-state index is 0.0744. The van der Waals surface area contributed by atoms with E-state index in [1.54, 1.807) is 0 Å². The second-order valence-electron chi connectivity index (χ2n) is 8.36. The number of morpholine rings is 1. The van der Waals surface area contributed by atoms with Gasteiger partial charge in [-0.05, 0) is 30.4 Å². The Balaban J connectivity index is 1.28. The maximum atomic E-state index is 13.0. The fraction of sp³-hybridized carbons (Fsp3) is 0.682. The van der Waals surface area contributed by atoms with Crippen LogP contribution in [-0.2, 0) is 22.4 Å². The highest BCUT2D eigenvalue weighted by atomic mass is 16.5. The Labute approximate surface area is 163 Å². The van der Waals surface area contributed by atoms with E-state index >= 15 is 0 Å². The van der Waals surface area contributed by atoms with Crippen molar-refractivity contribution >= 4 is 5.91 Å². The van der Waals surface area contributed by atoms with Crippen LogP contribution in [-0.4, -0.2) is 85.7 Å². The molecule has 2 aliphatic heterocycles. The summed E-state index contributed by atoms with van der Waals surface area (Å²) < 4.78 is 5.42. The molecule has 2 fully saturated rings. The summed E-state index contributed by atoms with van der Waals surface area (Å²) in [4.78, 5) is 20.1. The van der Waals surface area contributed by atoms with E-state index in [9.17, 15) is 4.79 Å². The first kappa shape index (κ1) is 18.9. The zero-order chi connectivity index (χ0) is 18.6. The summed E-state index contributed by atoms with van der Waals surface area (Å²) >= 11 is 0. The second-order valence-corrected chi connectivity index (χ2v) is 8.36. The molecule has 0 spiro atoms. The molecule has 1 aromatic carbocycles. The topological polar surface area (TPSA) is 36.0 Å². The second kappa shape index (κ2) is 8.72. The number of hydrogen-bond donors (Lipinski definition) is 0. The summed E-state index contributed by atoms with van der Waals surface area (Å²) in [7, 11) is 0. The van der Waals surface area contributed by atoms with Crippen molar-refractivity contribution in [1.29, 1.82) is 0 Å². The third kappa shape index (κ3) is 4.53. The molecule has 1 atom stereocenters. The van der Waals surface area contributed by atoms with Crippen molar-refractivity contribution in [2.45, 2.75) is 32.2 Å². The zero-order valence-electron chi connectivity index (χ0n) is 16.6. The number of fused-ring (bicyclic) bond motifs is 1. The third-order valence-electron chi connectivity index (χ3n) is 6.45. The third-order valence-corrected chi connectivity index (χ3v) is 6.45. The molecule has 0 N–H and O–H groups in total. The maximum absolute atomic E-state index is 13.0. The van der Waals surface area contributed by atoms with Gasteiger partial charge in [0.05, 0.1) is 13.2 Å². The minimum Gasteiger partial charge on any atom is -0.379 e. The van der Waals surface area contributed by atoms with E-state index in [0.717, 1.165) is 78.3 Å². The zero-order valence-corrected chi connectivity index (χ0v) is 16.6. The number of nitrogens with zero attached hydrogens (tertiary/aromatic N) is 3. The van der Waals surface area contributed by atoms with Crippen LogP contribution in [0.4, 0.5) is 0 Å². The van der Waals surface area contributed by atoms with Crippen LogP contribution in [0.15, 0.2) is 24.3 Å². The van der Waals surface area contributed by atoms with Gasteiger partial charge in [-0.2, -0.15) is 0 Å². The average molecular weight is 372 g/mol. The Morgan fingerprint density at radius 3 is 2.44 bits per heavy atom. The van der Waals surface area contributed by atoms with Gasteiger partial charge in [-0.3, -0.25) is 14.6 Å². The van der Waals surface area contributed by atoms with E-state index in [4.69, 9.17) is 4.74 Å². The SMILES string of the molecule is C[C@@H](CN1CCOCC1)C(=O)N1CCCN(C2Cc3ccccc3C2)CC1. The molecule has 3 aliphatic rings. The van der Waals surface area contributed by atoms with E-state index in [1.807, 2.05) is 0 Å². The van der Waals surface area contributed by atoms with Crippen LogP contribution in [0.2, 0.25) is 0 Å². The number of carbonyl (C=O) groups is 1. The Hall–Kier alpha value is -1.43. The van der Waals surface area contributed by atoms with Crippen molar-refractivity contribution in [3.05, 3.63) is 35.4 Å². The fourth-order valence-electron chi connectivity index (χ4n) is 4.88. The van der Waals surface area contributed by atoms with Crippen LogP contribution < -0.4 is 0 Å². The standard InChI is InChI=1S/C22H33N3O2/c1-18(17-23-11-13-27-14-12-23)22(26)25-8-4-7-24(9-10-25)21-15-19-5-2-3-6-20(19)16-21/h2-3,5-6,18,21H,4,7-17H2,1H3/t18-/m0/s1. The first-order chi connectivity index (χ1) is 13.2. The molecule has 1 aromatic rings. The first-order valence-corrected chi connectivity index (χ1v) is 10.6.